The quantitative estimate of drug-likeness (QED) is 0.637. The Hall–Kier alpha value is -2.37. The van der Waals surface area contributed by atoms with E-state index >= 15 is 0 Å². The van der Waals surface area contributed by atoms with Crippen LogP contribution in [0, 0.1) is 12.8 Å². The number of rotatable bonds is 4. The Balaban J connectivity index is 1.56. The highest BCUT2D eigenvalue weighted by atomic mass is 16.2. The molecule has 6 heteroatoms. The molecule has 0 spiro atoms. The minimum absolute atomic E-state index is 0.385. The minimum Gasteiger partial charge on any atom is -0.348 e. The summed E-state index contributed by atoms with van der Waals surface area (Å²) in [7, 11) is 1.78. The molecule has 0 radical (unpaired) electrons. The Morgan fingerprint density at radius 2 is 2.00 bits per heavy atom. The van der Waals surface area contributed by atoms with Crippen molar-refractivity contribution in [1.82, 2.24) is 19.0 Å². The highest BCUT2D eigenvalue weighted by Gasteiger charge is 2.28. The van der Waals surface area contributed by atoms with Crippen molar-refractivity contribution in [3.8, 4) is 0 Å². The van der Waals surface area contributed by atoms with E-state index in [9.17, 15) is 9.59 Å². The number of aryl methyl sites for hydroxylation is 2. The van der Waals surface area contributed by atoms with Gasteiger partial charge < -0.3 is 14.0 Å². The first-order valence-electron chi connectivity index (χ1n) is 7.99. The number of ketones is 1. The van der Waals surface area contributed by atoms with Crippen LogP contribution in [0.3, 0.4) is 0 Å². The van der Waals surface area contributed by atoms with Gasteiger partial charge >= 0.3 is 0 Å². The number of Topliss-reactive ketones (excluding diaryl/α,β-unsaturated/α-hetero) is 1. The van der Waals surface area contributed by atoms with Crippen molar-refractivity contribution < 1.29 is 9.59 Å². The summed E-state index contributed by atoms with van der Waals surface area (Å²) in [5, 5.41) is 0. The van der Waals surface area contributed by atoms with E-state index in [1.165, 1.54) is 0 Å². The molecule has 2 aromatic rings. The van der Waals surface area contributed by atoms with E-state index in [-0.39, 0.29) is 5.91 Å². The molecule has 0 aromatic carbocycles. The molecule has 1 amide bonds. The zero-order valence-corrected chi connectivity index (χ0v) is 13.6. The molecule has 1 aliphatic rings. The van der Waals surface area contributed by atoms with Crippen molar-refractivity contribution in [2.75, 3.05) is 13.1 Å². The van der Waals surface area contributed by atoms with Gasteiger partial charge in [0.15, 0.2) is 0 Å². The predicted molar refractivity (Wildman–Crippen MR) is 86.0 cm³/mol. The SMILES string of the molecule is Cc1nccn1CC1CCN(C(=O)C(=O)c2cccn2C)CC1. The van der Waals surface area contributed by atoms with Crippen LogP contribution in [0.4, 0.5) is 0 Å². The van der Waals surface area contributed by atoms with Crippen LogP contribution in [0.2, 0.25) is 0 Å². The number of carbonyl (C=O) groups excluding carboxylic acids is 2. The monoisotopic (exact) mass is 314 g/mol. The smallest absolute Gasteiger partial charge is 0.296 e. The Morgan fingerprint density at radius 1 is 1.26 bits per heavy atom. The average molecular weight is 314 g/mol. The van der Waals surface area contributed by atoms with Crippen LogP contribution in [0.5, 0.6) is 0 Å². The van der Waals surface area contributed by atoms with Gasteiger partial charge in [-0.1, -0.05) is 0 Å². The first-order chi connectivity index (χ1) is 11.1. The Kier molecular flexibility index (Phi) is 4.32. The van der Waals surface area contributed by atoms with Gasteiger partial charge in [0, 0.05) is 45.3 Å². The molecule has 3 heterocycles. The third-order valence-electron chi connectivity index (χ3n) is 4.65. The summed E-state index contributed by atoms with van der Waals surface area (Å²) >= 11 is 0. The predicted octanol–water partition coefficient (Wildman–Crippen LogP) is 1.65. The minimum atomic E-state index is -0.415. The molecule has 3 rings (SSSR count). The number of aromatic nitrogens is 3. The fraction of sp³-hybridized carbons (Fsp3) is 0.471. The molecule has 0 saturated carbocycles. The summed E-state index contributed by atoms with van der Waals surface area (Å²) in [5.41, 5.74) is 0.450. The Morgan fingerprint density at radius 3 is 2.57 bits per heavy atom. The van der Waals surface area contributed by atoms with Crippen molar-refractivity contribution in [2.45, 2.75) is 26.3 Å². The standard InChI is InChI=1S/C17H22N4O2/c1-13-18-7-11-21(13)12-14-5-9-20(10-6-14)17(23)16(22)15-4-3-8-19(15)2/h3-4,7-8,11,14H,5-6,9-10,12H2,1-2H3. The van der Waals surface area contributed by atoms with Gasteiger partial charge in [0.25, 0.3) is 11.7 Å². The van der Waals surface area contributed by atoms with E-state index < -0.39 is 5.78 Å². The van der Waals surface area contributed by atoms with E-state index in [2.05, 4.69) is 9.55 Å². The summed E-state index contributed by atoms with van der Waals surface area (Å²) in [6.07, 6.45) is 7.42. The van der Waals surface area contributed by atoms with Gasteiger partial charge in [0.05, 0.1) is 5.69 Å². The number of hydrogen-bond donors (Lipinski definition) is 0. The molecule has 122 valence electrons. The molecule has 2 aromatic heterocycles. The maximum Gasteiger partial charge on any atom is 0.296 e. The van der Waals surface area contributed by atoms with E-state index in [0.29, 0.717) is 24.7 Å². The maximum atomic E-state index is 12.4. The third-order valence-corrected chi connectivity index (χ3v) is 4.65. The summed E-state index contributed by atoms with van der Waals surface area (Å²) < 4.78 is 3.84. The molecule has 0 bridgehead atoms. The second kappa shape index (κ2) is 6.40. The number of likely N-dealkylation sites (tertiary alicyclic amines) is 1. The van der Waals surface area contributed by atoms with Crippen molar-refractivity contribution in [3.05, 3.63) is 42.2 Å². The van der Waals surface area contributed by atoms with Crippen LogP contribution in [0.25, 0.3) is 0 Å². The highest BCUT2D eigenvalue weighted by molar-refractivity contribution is 6.42. The lowest BCUT2D eigenvalue weighted by Gasteiger charge is -2.31. The van der Waals surface area contributed by atoms with Crippen LogP contribution in [0.15, 0.2) is 30.7 Å². The number of carbonyl (C=O) groups is 2. The van der Waals surface area contributed by atoms with Gasteiger partial charge in [-0.2, -0.15) is 0 Å². The number of nitrogens with zero attached hydrogens (tertiary/aromatic N) is 4. The summed E-state index contributed by atoms with van der Waals surface area (Å²) in [6.45, 7) is 4.22. The molecule has 1 fully saturated rings. The molecule has 0 atom stereocenters. The topological polar surface area (TPSA) is 60.1 Å². The lowest BCUT2D eigenvalue weighted by atomic mass is 9.96. The molecular formula is C17H22N4O2. The molecule has 23 heavy (non-hydrogen) atoms. The van der Waals surface area contributed by atoms with Crippen molar-refractivity contribution in [1.29, 1.82) is 0 Å². The fourth-order valence-electron chi connectivity index (χ4n) is 3.14. The van der Waals surface area contributed by atoms with Crippen LogP contribution in [-0.4, -0.2) is 43.8 Å². The van der Waals surface area contributed by atoms with Gasteiger partial charge in [-0.05, 0) is 37.8 Å². The van der Waals surface area contributed by atoms with Crippen LogP contribution in [-0.2, 0) is 18.4 Å². The van der Waals surface area contributed by atoms with Gasteiger partial charge in [-0.15, -0.1) is 0 Å². The molecule has 6 nitrogen and oxygen atoms in total. The van der Waals surface area contributed by atoms with Crippen molar-refractivity contribution in [3.63, 3.8) is 0 Å². The number of amides is 1. The number of piperidine rings is 1. The maximum absolute atomic E-state index is 12.4. The summed E-state index contributed by atoms with van der Waals surface area (Å²) in [4.78, 5) is 30.6. The Labute approximate surface area is 135 Å². The zero-order chi connectivity index (χ0) is 16.4. The second-order valence-corrected chi connectivity index (χ2v) is 6.20. The lowest BCUT2D eigenvalue weighted by molar-refractivity contribution is -0.127. The van der Waals surface area contributed by atoms with Gasteiger partial charge in [0.2, 0.25) is 0 Å². The summed E-state index contributed by atoms with van der Waals surface area (Å²) in [5.74, 6) is 0.741. The largest absolute Gasteiger partial charge is 0.348 e. The van der Waals surface area contributed by atoms with Crippen LogP contribution in [0.1, 0.15) is 29.2 Å². The first-order valence-corrected chi connectivity index (χ1v) is 7.99. The molecule has 0 unspecified atom stereocenters. The van der Waals surface area contributed by atoms with E-state index in [1.807, 2.05) is 19.3 Å². The molecule has 1 saturated heterocycles. The number of imidazole rings is 1. The Bertz CT molecular complexity index is 708. The van der Waals surface area contributed by atoms with Gasteiger partial charge in [0.1, 0.15) is 5.82 Å². The van der Waals surface area contributed by atoms with Gasteiger partial charge in [-0.3, -0.25) is 9.59 Å². The summed E-state index contributed by atoms with van der Waals surface area (Å²) in [6, 6.07) is 3.47. The zero-order valence-electron chi connectivity index (χ0n) is 13.6. The van der Waals surface area contributed by atoms with Crippen molar-refractivity contribution >= 4 is 11.7 Å². The van der Waals surface area contributed by atoms with E-state index in [4.69, 9.17) is 0 Å². The van der Waals surface area contributed by atoms with E-state index in [0.717, 1.165) is 25.2 Å². The average Bonchev–Trinajstić information content (AvgIpc) is 3.15. The molecule has 1 aliphatic heterocycles. The molecule has 0 aliphatic carbocycles. The third kappa shape index (κ3) is 3.21. The lowest BCUT2D eigenvalue weighted by Crippen LogP contribution is -2.43. The fourth-order valence-corrected chi connectivity index (χ4v) is 3.14. The second-order valence-electron chi connectivity index (χ2n) is 6.20. The van der Waals surface area contributed by atoms with Gasteiger partial charge in [-0.25, -0.2) is 4.98 Å². The highest BCUT2D eigenvalue weighted by Crippen LogP contribution is 2.20. The number of hydrogen-bond acceptors (Lipinski definition) is 3. The first kappa shape index (κ1) is 15.5. The van der Waals surface area contributed by atoms with E-state index in [1.54, 1.807) is 34.8 Å². The van der Waals surface area contributed by atoms with Crippen LogP contribution >= 0.6 is 0 Å². The van der Waals surface area contributed by atoms with Crippen LogP contribution < -0.4 is 0 Å². The normalized spacial score (nSPS) is 15.8. The molecule has 0 N–H and O–H groups in total. The van der Waals surface area contributed by atoms with Crippen molar-refractivity contribution in [2.24, 2.45) is 13.0 Å². The molecular weight excluding hydrogens is 292 g/mol.